The minimum absolute atomic E-state index is 0.0586. The SMILES string of the molecule is CCCCCCCCCCCCCCSCCOC(=O)CCN(CCCCCCCCOC(=O)CC12C3C4[I-]C5C4C31C52)CCCn1ccnc1. The number of rotatable bonds is 34. The summed E-state index contributed by atoms with van der Waals surface area (Å²) in [6, 6.07) is 0. The third-order valence-electron chi connectivity index (χ3n) is 13.2. The molecular formula is C42H69IN3O4S-. The van der Waals surface area contributed by atoms with Gasteiger partial charge in [-0.05, 0) is 38.1 Å². The first-order chi connectivity index (χ1) is 25.1. The third kappa shape index (κ3) is 9.53. The molecule has 1 spiro atoms. The Hall–Kier alpha value is -0.810. The maximum atomic E-state index is 12.5. The number of thioether (sulfide) groups is 1. The molecule has 5 fully saturated rings. The second kappa shape index (κ2) is 20.2. The number of nitrogens with zero attached hydrogens (tertiary/aromatic N) is 3. The number of unbranched alkanes of at least 4 members (excludes halogenated alkanes) is 16. The van der Waals surface area contributed by atoms with E-state index < -0.39 is 0 Å². The van der Waals surface area contributed by atoms with Gasteiger partial charge in [0.15, 0.2) is 0 Å². The molecule has 0 aromatic carbocycles. The van der Waals surface area contributed by atoms with Gasteiger partial charge in [0.2, 0.25) is 0 Å². The number of hydrogen-bond donors (Lipinski definition) is 0. The molecule has 1 aliphatic heterocycles. The molecule has 5 aliphatic rings. The van der Waals surface area contributed by atoms with E-state index in [-0.39, 0.29) is 11.9 Å². The van der Waals surface area contributed by atoms with Crippen LogP contribution < -0.4 is 21.2 Å². The van der Waals surface area contributed by atoms with E-state index in [2.05, 4.69) is 21.4 Å². The predicted octanol–water partition coefficient (Wildman–Crippen LogP) is 5.93. The zero-order chi connectivity index (χ0) is 35.4. The van der Waals surface area contributed by atoms with Crippen LogP contribution in [0.4, 0.5) is 0 Å². The molecule has 4 atom stereocenters. The average molecular weight is 839 g/mol. The molecule has 7 nitrogen and oxygen atoms in total. The summed E-state index contributed by atoms with van der Waals surface area (Å²) in [5.74, 6) is 5.19. The van der Waals surface area contributed by atoms with Gasteiger partial charge in [0, 0.05) is 31.2 Å². The molecule has 2 heterocycles. The zero-order valence-electron chi connectivity index (χ0n) is 31.9. The minimum atomic E-state index is -0.0586. The Balaban J connectivity index is 0.718. The number of alkyl halides is 2. The van der Waals surface area contributed by atoms with Gasteiger partial charge in [-0.1, -0.05) is 77.6 Å². The molecule has 1 aromatic rings. The van der Waals surface area contributed by atoms with Gasteiger partial charge in [0.05, 0.1) is 12.7 Å². The van der Waals surface area contributed by atoms with E-state index in [1.165, 1.54) is 102 Å². The van der Waals surface area contributed by atoms with Crippen LogP contribution in [0.3, 0.4) is 0 Å². The Kier molecular flexibility index (Phi) is 15.8. The van der Waals surface area contributed by atoms with Crippen molar-refractivity contribution in [3.63, 3.8) is 0 Å². The van der Waals surface area contributed by atoms with Gasteiger partial charge in [-0.15, -0.1) is 0 Å². The number of imidazole rings is 1. The van der Waals surface area contributed by atoms with Crippen LogP contribution in [0.2, 0.25) is 0 Å². The number of hydrogen-bond acceptors (Lipinski definition) is 7. The molecule has 4 unspecified atom stereocenters. The van der Waals surface area contributed by atoms with Crippen LogP contribution >= 0.6 is 11.8 Å². The number of carbonyl (C=O) groups is 2. The molecule has 6 rings (SSSR count). The molecule has 1 saturated heterocycles. The summed E-state index contributed by atoms with van der Waals surface area (Å²) in [4.78, 5) is 31.7. The van der Waals surface area contributed by atoms with Crippen molar-refractivity contribution in [2.45, 2.75) is 156 Å². The van der Waals surface area contributed by atoms with Crippen LogP contribution in [0.25, 0.3) is 0 Å². The smallest absolute Gasteiger partial charge is 0.0945 e. The zero-order valence-corrected chi connectivity index (χ0v) is 34.9. The van der Waals surface area contributed by atoms with Crippen molar-refractivity contribution < 1.29 is 40.3 Å². The Morgan fingerprint density at radius 2 is 1.37 bits per heavy atom. The maximum absolute atomic E-state index is 12.5. The van der Waals surface area contributed by atoms with Crippen molar-refractivity contribution in [3.8, 4) is 0 Å². The number of aryl methyl sites for hydroxylation is 1. The van der Waals surface area contributed by atoms with E-state index in [0.29, 0.717) is 46.3 Å². The summed E-state index contributed by atoms with van der Waals surface area (Å²) in [5.41, 5.74) is 1.21. The molecule has 290 valence electrons. The van der Waals surface area contributed by atoms with Gasteiger partial charge in [-0.2, -0.15) is 11.8 Å². The molecule has 4 saturated carbocycles. The number of carbonyl (C=O) groups excluding carboxylic acids is 2. The summed E-state index contributed by atoms with van der Waals surface area (Å²) < 4.78 is 15.7. The van der Waals surface area contributed by atoms with Crippen molar-refractivity contribution in [2.24, 2.45) is 28.6 Å². The number of aromatic nitrogens is 2. The van der Waals surface area contributed by atoms with Gasteiger partial charge in [-0.25, -0.2) is 4.98 Å². The van der Waals surface area contributed by atoms with Crippen LogP contribution in [-0.2, 0) is 25.6 Å². The number of halogens is 1. The number of ether oxygens (including phenoxy) is 2. The van der Waals surface area contributed by atoms with Crippen molar-refractivity contribution in [2.75, 3.05) is 44.4 Å². The Labute approximate surface area is 324 Å². The molecule has 0 bridgehead atoms. The van der Waals surface area contributed by atoms with Crippen LogP contribution in [-0.4, -0.2) is 78.6 Å². The summed E-state index contributed by atoms with van der Waals surface area (Å²) in [7, 11) is 0. The summed E-state index contributed by atoms with van der Waals surface area (Å²) in [6.45, 7) is 7.17. The van der Waals surface area contributed by atoms with Gasteiger partial charge in [-0.3, -0.25) is 4.79 Å². The monoisotopic (exact) mass is 838 g/mol. The fraction of sp³-hybridized carbons (Fsp3) is 0.881. The number of esters is 2. The van der Waals surface area contributed by atoms with Crippen LogP contribution in [0, 0.1) is 28.6 Å². The van der Waals surface area contributed by atoms with Gasteiger partial charge in [0.25, 0.3) is 0 Å². The van der Waals surface area contributed by atoms with Crippen molar-refractivity contribution in [3.05, 3.63) is 18.7 Å². The fourth-order valence-electron chi connectivity index (χ4n) is 10.6. The van der Waals surface area contributed by atoms with Gasteiger partial charge in [0.1, 0.15) is 6.61 Å². The Morgan fingerprint density at radius 1 is 0.745 bits per heavy atom. The standard InChI is InChI=1S/C42H69IN3O4S/c1-2-3-4-5-6-7-8-9-10-13-16-19-30-51-31-29-50-34(47)21-26-45(24-20-25-46-27-22-44-33-46)23-17-14-11-12-15-18-28-49-35(48)32-41-39-37-36-38(43-37)40(41)42(36,39)41/h22,27,33,36-40H,2-21,23-26,28-32H2,1H3/q-1. The predicted molar refractivity (Wildman–Crippen MR) is 203 cm³/mol. The van der Waals surface area contributed by atoms with E-state index in [9.17, 15) is 9.59 Å². The Bertz CT molecular complexity index is 1180. The normalized spacial score (nSPS) is 28.5. The van der Waals surface area contributed by atoms with Crippen molar-refractivity contribution >= 4 is 23.7 Å². The fourth-order valence-corrected chi connectivity index (χ4v) is 17.9. The molecular weight excluding hydrogens is 769 g/mol. The van der Waals surface area contributed by atoms with Crippen molar-refractivity contribution in [1.29, 1.82) is 0 Å². The average Bonchev–Trinajstić information content (AvgIpc) is 3.71. The first-order valence-corrected chi connectivity index (χ1v) is 25.0. The van der Waals surface area contributed by atoms with Crippen molar-refractivity contribution in [1.82, 2.24) is 14.5 Å². The quantitative estimate of drug-likeness (QED) is 0.0369. The van der Waals surface area contributed by atoms with E-state index in [1.807, 2.05) is 30.5 Å². The van der Waals surface area contributed by atoms with E-state index in [4.69, 9.17) is 9.47 Å². The van der Waals surface area contributed by atoms with E-state index in [1.54, 1.807) is 0 Å². The Morgan fingerprint density at radius 3 is 2.02 bits per heavy atom. The minimum Gasteiger partial charge on any atom is -0.337 e. The molecule has 9 heteroatoms. The molecule has 1 aromatic heterocycles. The largest absolute Gasteiger partial charge is 0.337 e. The molecule has 0 amide bonds. The first kappa shape index (κ1) is 39.9. The molecule has 51 heavy (non-hydrogen) atoms. The van der Waals surface area contributed by atoms with E-state index in [0.717, 1.165) is 95.1 Å². The van der Waals surface area contributed by atoms with Crippen LogP contribution in [0.1, 0.15) is 142 Å². The molecule has 0 radical (unpaired) electrons. The second-order valence-electron chi connectivity index (χ2n) is 16.5. The van der Waals surface area contributed by atoms with Gasteiger partial charge >= 0.3 is 124 Å². The topological polar surface area (TPSA) is 73.7 Å². The summed E-state index contributed by atoms with van der Waals surface area (Å²) >= 11 is 2.44. The first-order valence-electron chi connectivity index (χ1n) is 21.3. The summed E-state index contributed by atoms with van der Waals surface area (Å²) in [6.07, 6.45) is 31.6. The molecule has 4 aliphatic carbocycles. The molecule has 0 N–H and O–H groups in total. The number of fused-ring (bicyclic) bond motifs is 4. The van der Waals surface area contributed by atoms with E-state index >= 15 is 0 Å². The maximum Gasteiger partial charge on any atom is 0.0945 e. The summed E-state index contributed by atoms with van der Waals surface area (Å²) in [5, 5.41) is 0. The van der Waals surface area contributed by atoms with Crippen LogP contribution in [0.5, 0.6) is 0 Å². The second-order valence-corrected chi connectivity index (χ2v) is 21.3. The van der Waals surface area contributed by atoms with Gasteiger partial charge < -0.3 is 14.2 Å². The van der Waals surface area contributed by atoms with Crippen LogP contribution in [0.15, 0.2) is 18.7 Å². The third-order valence-corrected chi connectivity index (χ3v) is 18.9.